The fourth-order valence-electron chi connectivity index (χ4n) is 3.83. The Morgan fingerprint density at radius 2 is 1.68 bits per heavy atom. The predicted molar refractivity (Wildman–Crippen MR) is 122 cm³/mol. The van der Waals surface area contributed by atoms with Crippen LogP contribution in [0.15, 0.2) is 48.5 Å². The van der Waals surface area contributed by atoms with Gasteiger partial charge in [-0.15, -0.1) is 0 Å². The van der Waals surface area contributed by atoms with E-state index in [0.29, 0.717) is 12.2 Å². The summed E-state index contributed by atoms with van der Waals surface area (Å²) < 4.78 is 33.5. The van der Waals surface area contributed by atoms with Crippen LogP contribution in [0.4, 0.5) is 0 Å². The topological polar surface area (TPSA) is 76.9 Å². The minimum atomic E-state index is -3.42. The Hall–Kier alpha value is -2.44. The second-order valence-electron chi connectivity index (χ2n) is 7.88. The van der Waals surface area contributed by atoms with Crippen molar-refractivity contribution in [1.29, 1.82) is 5.26 Å². The molecule has 7 nitrogen and oxygen atoms in total. The Kier molecular flexibility index (Phi) is 7.68. The summed E-state index contributed by atoms with van der Waals surface area (Å²) in [5, 5.41) is 8.91. The number of rotatable bonds is 9. The van der Waals surface area contributed by atoms with Gasteiger partial charge in [0.05, 0.1) is 24.4 Å². The van der Waals surface area contributed by atoms with Gasteiger partial charge in [0.15, 0.2) is 0 Å². The summed E-state index contributed by atoms with van der Waals surface area (Å²) in [7, 11) is 1.36. The van der Waals surface area contributed by atoms with E-state index in [2.05, 4.69) is 11.0 Å². The summed E-state index contributed by atoms with van der Waals surface area (Å²) in [5.41, 5.74) is 2.78. The zero-order valence-corrected chi connectivity index (χ0v) is 19.2. The minimum absolute atomic E-state index is 0.0981. The van der Waals surface area contributed by atoms with Crippen LogP contribution in [0.3, 0.4) is 0 Å². The predicted octanol–water partition coefficient (Wildman–Crippen LogP) is 3.15. The van der Waals surface area contributed by atoms with Crippen molar-refractivity contribution in [2.45, 2.75) is 25.4 Å². The lowest BCUT2D eigenvalue weighted by molar-refractivity contribution is 0.145. The molecule has 0 aliphatic carbocycles. The van der Waals surface area contributed by atoms with E-state index in [0.717, 1.165) is 49.2 Å². The van der Waals surface area contributed by atoms with Gasteiger partial charge in [0.2, 0.25) is 0 Å². The fraction of sp³-hybridized carbons (Fsp3) is 0.435. The Bertz CT molecular complexity index is 999. The number of nitrogens with zero attached hydrogens (tertiary/aromatic N) is 4. The van der Waals surface area contributed by atoms with Gasteiger partial charge < -0.3 is 4.74 Å². The quantitative estimate of drug-likeness (QED) is 0.558. The summed E-state index contributed by atoms with van der Waals surface area (Å²) in [6.45, 7) is 2.27. The molecule has 0 spiro atoms. The Morgan fingerprint density at radius 1 is 1.06 bits per heavy atom. The monoisotopic (exact) mass is 442 g/mol. The van der Waals surface area contributed by atoms with Gasteiger partial charge in [-0.1, -0.05) is 24.3 Å². The van der Waals surface area contributed by atoms with Crippen LogP contribution >= 0.6 is 0 Å². The molecule has 0 bridgehead atoms. The lowest BCUT2D eigenvalue weighted by Gasteiger charge is -2.33. The van der Waals surface area contributed by atoms with Crippen LogP contribution in [0.2, 0.25) is 0 Å². The maximum Gasteiger partial charge on any atom is 0.282 e. The molecule has 3 rings (SSSR count). The van der Waals surface area contributed by atoms with Crippen LogP contribution in [0.5, 0.6) is 5.75 Å². The summed E-state index contributed by atoms with van der Waals surface area (Å²) in [6.07, 6.45) is 2.57. The molecule has 2 aromatic carbocycles. The molecular weight excluding hydrogens is 412 g/mol. The Morgan fingerprint density at radius 3 is 2.26 bits per heavy atom. The third kappa shape index (κ3) is 5.63. The van der Waals surface area contributed by atoms with Crippen molar-refractivity contribution in [1.82, 2.24) is 13.5 Å². The first-order chi connectivity index (χ1) is 14.8. The highest BCUT2D eigenvalue weighted by Gasteiger charge is 2.34. The molecule has 1 aliphatic heterocycles. The van der Waals surface area contributed by atoms with E-state index < -0.39 is 10.2 Å². The number of benzene rings is 2. The maximum absolute atomic E-state index is 12.4. The van der Waals surface area contributed by atoms with Gasteiger partial charge in [-0.05, 0) is 61.2 Å². The van der Waals surface area contributed by atoms with Crippen molar-refractivity contribution in [3.63, 3.8) is 0 Å². The van der Waals surface area contributed by atoms with E-state index in [1.54, 1.807) is 21.1 Å². The molecule has 1 atom stereocenters. The molecule has 166 valence electrons. The first-order valence-electron chi connectivity index (χ1n) is 10.5. The van der Waals surface area contributed by atoms with Crippen molar-refractivity contribution < 1.29 is 13.2 Å². The SMILES string of the molecule is CN(C)S(=O)(=O)N(C)C1CCCN1CCCOc1ccc(-c2ccc(C#N)cc2)cc1. The lowest BCUT2D eigenvalue weighted by Crippen LogP contribution is -2.49. The van der Waals surface area contributed by atoms with Crippen molar-refractivity contribution in [2.75, 3.05) is 40.8 Å². The van der Waals surface area contributed by atoms with Gasteiger partial charge in [-0.25, -0.2) is 0 Å². The first kappa shape index (κ1) is 23.2. The normalized spacial score (nSPS) is 17.2. The molecule has 8 heteroatoms. The van der Waals surface area contributed by atoms with Crippen LogP contribution in [-0.2, 0) is 10.2 Å². The number of ether oxygens (including phenoxy) is 1. The van der Waals surface area contributed by atoms with E-state index in [1.807, 2.05) is 48.5 Å². The zero-order valence-electron chi connectivity index (χ0n) is 18.4. The Labute approximate surface area is 185 Å². The first-order valence-corrected chi connectivity index (χ1v) is 11.9. The summed E-state index contributed by atoms with van der Waals surface area (Å²) in [4.78, 5) is 2.22. The lowest BCUT2D eigenvalue weighted by atomic mass is 10.0. The molecule has 0 radical (unpaired) electrons. The zero-order chi connectivity index (χ0) is 22.4. The highest BCUT2D eigenvalue weighted by atomic mass is 32.2. The van der Waals surface area contributed by atoms with Crippen molar-refractivity contribution in [3.05, 3.63) is 54.1 Å². The standard InChI is InChI=1S/C23H30N4O3S/c1-25(2)31(28,29)26(3)23-6-4-15-27(23)16-5-17-30-22-13-11-21(12-14-22)20-9-7-19(18-24)8-10-20/h7-14,23H,4-6,15-17H2,1-3H3. The maximum atomic E-state index is 12.4. The van der Waals surface area contributed by atoms with Crippen LogP contribution in [-0.4, -0.2) is 68.9 Å². The van der Waals surface area contributed by atoms with Gasteiger partial charge >= 0.3 is 0 Å². The number of hydrogen-bond acceptors (Lipinski definition) is 5. The van der Waals surface area contributed by atoms with Gasteiger partial charge in [-0.2, -0.15) is 22.3 Å². The molecule has 31 heavy (non-hydrogen) atoms. The molecule has 1 saturated heterocycles. The highest BCUT2D eigenvalue weighted by Crippen LogP contribution is 2.24. The second kappa shape index (κ2) is 10.2. The van der Waals surface area contributed by atoms with E-state index in [1.165, 1.54) is 8.61 Å². The average Bonchev–Trinajstić information content (AvgIpc) is 3.25. The van der Waals surface area contributed by atoms with E-state index in [-0.39, 0.29) is 6.17 Å². The van der Waals surface area contributed by atoms with Crippen LogP contribution < -0.4 is 4.74 Å². The van der Waals surface area contributed by atoms with E-state index >= 15 is 0 Å². The summed E-state index contributed by atoms with van der Waals surface area (Å²) in [6, 6.07) is 17.5. The van der Waals surface area contributed by atoms with Gasteiger partial charge in [-0.3, -0.25) is 4.90 Å². The van der Waals surface area contributed by atoms with Crippen molar-refractivity contribution in [3.8, 4) is 22.9 Å². The molecule has 0 aromatic heterocycles. The number of hydrogen-bond donors (Lipinski definition) is 0. The molecule has 0 amide bonds. The third-order valence-electron chi connectivity index (χ3n) is 5.63. The molecular formula is C23H30N4O3S. The molecule has 1 unspecified atom stereocenters. The fourth-order valence-corrected chi connectivity index (χ4v) is 4.89. The average molecular weight is 443 g/mol. The largest absolute Gasteiger partial charge is 0.494 e. The molecule has 1 fully saturated rings. The van der Waals surface area contributed by atoms with Gasteiger partial charge in [0.1, 0.15) is 5.75 Å². The molecule has 0 saturated carbocycles. The molecule has 2 aromatic rings. The number of nitriles is 1. The molecule has 0 N–H and O–H groups in total. The third-order valence-corrected chi connectivity index (χ3v) is 7.53. The van der Waals surface area contributed by atoms with Crippen LogP contribution in [0, 0.1) is 11.3 Å². The molecule has 1 heterocycles. The van der Waals surface area contributed by atoms with E-state index in [9.17, 15) is 8.42 Å². The highest BCUT2D eigenvalue weighted by molar-refractivity contribution is 7.86. The van der Waals surface area contributed by atoms with Gasteiger partial charge in [0, 0.05) is 27.7 Å². The van der Waals surface area contributed by atoms with Gasteiger partial charge in [0.25, 0.3) is 10.2 Å². The summed E-state index contributed by atoms with van der Waals surface area (Å²) >= 11 is 0. The van der Waals surface area contributed by atoms with E-state index in [4.69, 9.17) is 10.00 Å². The second-order valence-corrected chi connectivity index (χ2v) is 10.1. The van der Waals surface area contributed by atoms with Crippen molar-refractivity contribution in [2.24, 2.45) is 0 Å². The number of likely N-dealkylation sites (tertiary alicyclic amines) is 1. The van der Waals surface area contributed by atoms with Crippen LogP contribution in [0.1, 0.15) is 24.8 Å². The summed E-state index contributed by atoms with van der Waals surface area (Å²) in [5.74, 6) is 0.808. The Balaban J connectivity index is 1.48. The minimum Gasteiger partial charge on any atom is -0.494 e. The van der Waals surface area contributed by atoms with Crippen LogP contribution in [0.25, 0.3) is 11.1 Å². The van der Waals surface area contributed by atoms with Crippen molar-refractivity contribution >= 4 is 10.2 Å². The smallest absolute Gasteiger partial charge is 0.282 e. The molecule has 1 aliphatic rings.